The lowest BCUT2D eigenvalue weighted by Gasteiger charge is -2.48. The van der Waals surface area contributed by atoms with Crippen LogP contribution in [0.25, 0.3) is 0 Å². The maximum Gasteiger partial charge on any atom is 0.220 e. The molecule has 0 aromatic carbocycles. The van der Waals surface area contributed by atoms with E-state index in [2.05, 4.69) is 104 Å². The molecule has 0 saturated carbocycles. The number of ether oxygens (including phenoxy) is 6. The average Bonchev–Trinajstić information content (AvgIpc) is 0.780. The van der Waals surface area contributed by atoms with Crippen LogP contribution in [0.2, 0.25) is 0 Å². The maximum absolute atomic E-state index is 13.5. The second-order valence-corrected chi connectivity index (χ2v) is 29.6. The van der Waals surface area contributed by atoms with Crippen LogP contribution in [-0.2, 0) is 33.2 Å². The van der Waals surface area contributed by atoms with Gasteiger partial charge in [0, 0.05) is 6.42 Å². The monoisotopic (exact) mass is 1490 g/mol. The van der Waals surface area contributed by atoms with Crippen molar-refractivity contribution in [1.82, 2.24) is 5.32 Å². The van der Waals surface area contributed by atoms with Crippen molar-refractivity contribution < 1.29 is 89.4 Å². The molecular formula is C86H151NO18. The summed E-state index contributed by atoms with van der Waals surface area (Å²) in [7, 11) is 0. The lowest BCUT2D eigenvalue weighted by molar-refractivity contribution is -0.379. The minimum Gasteiger partial charge on any atom is -0.394 e. The van der Waals surface area contributed by atoms with Gasteiger partial charge in [-0.15, -0.1) is 0 Å². The summed E-state index contributed by atoms with van der Waals surface area (Å²) < 4.78 is 34.4. The summed E-state index contributed by atoms with van der Waals surface area (Å²) in [6.45, 7) is 1.63. The van der Waals surface area contributed by atoms with Crippen LogP contribution in [0.15, 0.2) is 97.2 Å². The van der Waals surface area contributed by atoms with Gasteiger partial charge >= 0.3 is 0 Å². The van der Waals surface area contributed by atoms with Crippen LogP contribution >= 0.6 is 0 Å². The Morgan fingerprint density at radius 3 is 1.07 bits per heavy atom. The van der Waals surface area contributed by atoms with Crippen LogP contribution in [0.5, 0.6) is 0 Å². The van der Waals surface area contributed by atoms with Crippen LogP contribution in [0, 0.1) is 0 Å². The minimum atomic E-state index is -1.98. The van der Waals surface area contributed by atoms with Gasteiger partial charge in [-0.25, -0.2) is 0 Å². The number of hydrogen-bond acceptors (Lipinski definition) is 18. The molecule has 3 heterocycles. The molecule has 105 heavy (non-hydrogen) atoms. The van der Waals surface area contributed by atoms with Gasteiger partial charge in [0.05, 0.1) is 38.6 Å². The van der Waals surface area contributed by atoms with Crippen molar-refractivity contribution in [3.63, 3.8) is 0 Å². The highest BCUT2D eigenvalue weighted by Crippen LogP contribution is 2.33. The molecule has 0 radical (unpaired) electrons. The molecular weight excluding hydrogens is 1330 g/mol. The molecule has 3 saturated heterocycles. The van der Waals surface area contributed by atoms with E-state index < -0.39 is 124 Å². The lowest BCUT2D eigenvalue weighted by Crippen LogP contribution is -2.66. The van der Waals surface area contributed by atoms with Crippen LogP contribution in [0.1, 0.15) is 309 Å². The number of hydrogen-bond donors (Lipinski definition) is 12. The SMILES string of the molecule is CC/C=C\C/C=C\C/C=C\C/C=C\C/C=C\C/C=C\CCCCCCCCCCCCCCCCCCCCCCC(=O)NC(COC1OC(CO)C(OC2OC(CO)C(OC3OC(CO)C(O)C(O)C3O)C(O)C2O)C(O)C1O)C(O)/C=C/CC/C=C/CCCCCCCCCCCCCCCCC. The van der Waals surface area contributed by atoms with Gasteiger partial charge < -0.3 is 89.9 Å². The fraction of sp³-hybridized carbons (Fsp3) is 0.802. The highest BCUT2D eigenvalue weighted by atomic mass is 16.8. The molecule has 12 N–H and O–H groups in total. The molecule has 17 unspecified atom stereocenters. The van der Waals surface area contributed by atoms with E-state index in [0.29, 0.717) is 12.8 Å². The first-order valence-corrected chi connectivity index (χ1v) is 42.0. The Morgan fingerprint density at radius 1 is 0.352 bits per heavy atom. The van der Waals surface area contributed by atoms with E-state index >= 15 is 0 Å². The number of nitrogens with one attached hydrogen (secondary N) is 1. The van der Waals surface area contributed by atoms with Gasteiger partial charge in [0.25, 0.3) is 0 Å². The van der Waals surface area contributed by atoms with Gasteiger partial charge in [0.2, 0.25) is 5.91 Å². The summed E-state index contributed by atoms with van der Waals surface area (Å²) >= 11 is 0. The molecule has 19 nitrogen and oxygen atoms in total. The number of unbranched alkanes of at least 4 members (excludes halogenated alkanes) is 36. The van der Waals surface area contributed by atoms with Crippen LogP contribution < -0.4 is 5.32 Å². The van der Waals surface area contributed by atoms with Crippen molar-refractivity contribution in [1.29, 1.82) is 0 Å². The Labute approximate surface area is 634 Å². The zero-order chi connectivity index (χ0) is 76.0. The third-order valence-electron chi connectivity index (χ3n) is 20.4. The highest BCUT2D eigenvalue weighted by molar-refractivity contribution is 5.76. The van der Waals surface area contributed by atoms with Crippen molar-refractivity contribution in [3.8, 4) is 0 Å². The number of allylic oxidation sites excluding steroid dienone is 15. The molecule has 1 amide bonds. The number of aliphatic hydroxyl groups excluding tert-OH is 11. The smallest absolute Gasteiger partial charge is 0.220 e. The van der Waals surface area contributed by atoms with Crippen LogP contribution in [-0.4, -0.2) is 193 Å². The summed E-state index contributed by atoms with van der Waals surface area (Å²) in [4.78, 5) is 13.5. The number of amides is 1. The third kappa shape index (κ3) is 45.0. The summed E-state index contributed by atoms with van der Waals surface area (Å²) in [5.41, 5.74) is 0. The third-order valence-corrected chi connectivity index (χ3v) is 20.4. The number of carbonyl (C=O) groups excluding carboxylic acids is 1. The maximum atomic E-state index is 13.5. The van der Waals surface area contributed by atoms with Crippen molar-refractivity contribution in [2.45, 2.75) is 413 Å². The van der Waals surface area contributed by atoms with E-state index in [-0.39, 0.29) is 18.9 Å². The largest absolute Gasteiger partial charge is 0.394 e. The van der Waals surface area contributed by atoms with E-state index in [1.807, 2.05) is 6.08 Å². The summed E-state index contributed by atoms with van der Waals surface area (Å²) in [6, 6.07) is -0.994. The normalized spacial score (nSPS) is 26.3. The summed E-state index contributed by atoms with van der Waals surface area (Å²) in [5.74, 6) is -0.283. The molecule has 0 aromatic rings. The van der Waals surface area contributed by atoms with Crippen LogP contribution in [0.4, 0.5) is 0 Å². The molecule has 3 aliphatic heterocycles. The first-order valence-electron chi connectivity index (χ1n) is 42.0. The van der Waals surface area contributed by atoms with E-state index in [4.69, 9.17) is 28.4 Å². The molecule has 3 aliphatic rings. The first kappa shape index (κ1) is 95.9. The zero-order valence-electron chi connectivity index (χ0n) is 65.2. The topological polar surface area (TPSA) is 307 Å². The molecule has 0 bridgehead atoms. The highest BCUT2D eigenvalue weighted by Gasteiger charge is 2.54. The molecule has 0 aliphatic carbocycles. The predicted molar refractivity (Wildman–Crippen MR) is 420 cm³/mol. The zero-order valence-corrected chi connectivity index (χ0v) is 65.2. The van der Waals surface area contributed by atoms with Gasteiger partial charge in [-0.1, -0.05) is 317 Å². The fourth-order valence-electron chi connectivity index (χ4n) is 13.7. The van der Waals surface area contributed by atoms with Gasteiger partial charge in [-0.2, -0.15) is 0 Å². The van der Waals surface area contributed by atoms with Crippen LogP contribution in [0.3, 0.4) is 0 Å². The van der Waals surface area contributed by atoms with E-state index in [1.165, 1.54) is 199 Å². The summed E-state index contributed by atoms with van der Waals surface area (Å²) in [5, 5.41) is 121. The number of aliphatic hydroxyl groups is 11. The second-order valence-electron chi connectivity index (χ2n) is 29.6. The quantitative estimate of drug-likeness (QED) is 0.0199. The van der Waals surface area contributed by atoms with E-state index in [1.54, 1.807) is 6.08 Å². The standard InChI is InChI=1S/C86H151NO18/c1-3-5-7-9-11-13-15-17-19-21-23-25-26-27-28-29-30-31-32-33-34-35-36-37-38-39-40-41-42-44-46-48-50-52-54-56-58-60-62-64-74(92)87-69(70(91)63-61-59-57-55-53-51-49-47-45-43-24-22-20-18-16-14-12-10-8-6-4-2)68-100-84-80(98)77(95)82(72(66-89)102-84)105-86-81(99)78(96)83(73(67-90)103-86)104-85-79(97)76(94)75(93)71(65-88)101-85/h5,7,11,13,17,19,23,25,27-28,30-31,53,55,61,63,69-73,75-86,88-91,93-99H,3-4,6,8-10,12,14-16,18,20-22,24,26,29,32-52,54,56-60,62,64-68H2,1-2H3,(H,87,92)/b7-5-,13-11-,19-17-,25-23-,28-27-,31-30-,55-53+,63-61+. The average molecular weight is 1490 g/mol. The Balaban J connectivity index is 1.33. The van der Waals surface area contributed by atoms with E-state index in [9.17, 15) is 61.0 Å². The van der Waals surface area contributed by atoms with E-state index in [0.717, 1.165) is 77.0 Å². The Bertz CT molecular complexity index is 2270. The molecule has 19 heteroatoms. The van der Waals surface area contributed by atoms with Crippen molar-refractivity contribution >= 4 is 5.91 Å². The van der Waals surface area contributed by atoms with Gasteiger partial charge in [0.1, 0.15) is 73.2 Å². The summed E-state index contributed by atoms with van der Waals surface area (Å²) in [6.07, 6.45) is 62.6. The Morgan fingerprint density at radius 2 is 0.667 bits per heavy atom. The number of carbonyl (C=O) groups is 1. The van der Waals surface area contributed by atoms with Crippen molar-refractivity contribution in [2.24, 2.45) is 0 Å². The molecule has 0 spiro atoms. The van der Waals surface area contributed by atoms with Gasteiger partial charge in [-0.3, -0.25) is 4.79 Å². The molecule has 608 valence electrons. The lowest BCUT2D eigenvalue weighted by atomic mass is 9.96. The number of rotatable bonds is 66. The molecule has 3 rings (SSSR count). The Hall–Kier alpha value is -3.29. The van der Waals surface area contributed by atoms with Crippen molar-refractivity contribution in [2.75, 3.05) is 26.4 Å². The first-order chi connectivity index (χ1) is 51.3. The van der Waals surface area contributed by atoms with Gasteiger partial charge in [0.15, 0.2) is 18.9 Å². The molecule has 17 atom stereocenters. The second kappa shape index (κ2) is 65.4. The molecule has 3 fully saturated rings. The Kier molecular flexibility index (Phi) is 59.8. The fourth-order valence-corrected chi connectivity index (χ4v) is 13.7. The van der Waals surface area contributed by atoms with Crippen molar-refractivity contribution in [3.05, 3.63) is 97.2 Å². The minimum absolute atomic E-state index is 0.234. The molecule has 0 aromatic heterocycles. The van der Waals surface area contributed by atoms with Gasteiger partial charge in [-0.05, 0) is 83.5 Å². The predicted octanol–water partition coefficient (Wildman–Crippen LogP) is 14.7.